The van der Waals surface area contributed by atoms with E-state index in [1.54, 1.807) is 18.4 Å². The number of thiophene rings is 1. The maximum Gasteiger partial charge on any atom is 0.239 e. The molecular formula is C22H20N4O2S. The highest BCUT2D eigenvalue weighted by Crippen LogP contribution is 2.34. The van der Waals surface area contributed by atoms with Crippen molar-refractivity contribution in [1.82, 2.24) is 15.3 Å². The zero-order valence-electron chi connectivity index (χ0n) is 15.9. The Hall–Kier alpha value is -3.45. The fraction of sp³-hybridized carbons (Fsp3) is 0.136. The molecule has 0 aliphatic carbocycles. The van der Waals surface area contributed by atoms with E-state index in [4.69, 9.17) is 4.74 Å². The number of carbonyl (C=O) groups is 1. The van der Waals surface area contributed by atoms with Crippen LogP contribution in [0.1, 0.15) is 5.56 Å². The van der Waals surface area contributed by atoms with Crippen LogP contribution >= 0.6 is 11.3 Å². The van der Waals surface area contributed by atoms with E-state index in [9.17, 15) is 4.79 Å². The van der Waals surface area contributed by atoms with Gasteiger partial charge in [-0.3, -0.25) is 4.79 Å². The predicted molar refractivity (Wildman–Crippen MR) is 116 cm³/mol. The molecule has 6 nitrogen and oxygen atoms in total. The van der Waals surface area contributed by atoms with Gasteiger partial charge >= 0.3 is 0 Å². The van der Waals surface area contributed by atoms with Gasteiger partial charge in [-0.25, -0.2) is 9.97 Å². The summed E-state index contributed by atoms with van der Waals surface area (Å²) in [7, 11) is 1.62. The second-order valence-electron chi connectivity index (χ2n) is 6.36. The van der Waals surface area contributed by atoms with Crippen LogP contribution in [0.3, 0.4) is 0 Å². The average Bonchev–Trinajstić information content (AvgIpc) is 3.22. The summed E-state index contributed by atoms with van der Waals surface area (Å²) < 4.78 is 5.31. The Kier molecular flexibility index (Phi) is 5.67. The van der Waals surface area contributed by atoms with Gasteiger partial charge in [0.1, 0.15) is 22.7 Å². The lowest BCUT2D eigenvalue weighted by atomic mass is 10.2. The highest BCUT2D eigenvalue weighted by Gasteiger charge is 2.11. The SMILES string of the molecule is COc1ccccc1CNC(=O)CNc1ncnc2sc(-c3ccccc3)cc12. The van der Waals surface area contributed by atoms with Gasteiger partial charge in [0.2, 0.25) is 5.91 Å². The first-order valence-electron chi connectivity index (χ1n) is 9.17. The van der Waals surface area contributed by atoms with Crippen LogP contribution < -0.4 is 15.4 Å². The van der Waals surface area contributed by atoms with Crippen LogP contribution in [0.5, 0.6) is 5.75 Å². The molecule has 4 aromatic rings. The first kappa shape index (κ1) is 18.9. The van der Waals surface area contributed by atoms with Gasteiger partial charge < -0.3 is 15.4 Å². The Morgan fingerprint density at radius 3 is 2.69 bits per heavy atom. The van der Waals surface area contributed by atoms with Gasteiger partial charge in [0.25, 0.3) is 0 Å². The number of aromatic nitrogens is 2. The number of hydrogen-bond donors (Lipinski definition) is 2. The lowest BCUT2D eigenvalue weighted by Crippen LogP contribution is -2.29. The first-order valence-corrected chi connectivity index (χ1v) is 9.98. The van der Waals surface area contributed by atoms with Gasteiger partial charge in [0.15, 0.2) is 0 Å². The number of rotatable bonds is 7. The zero-order chi connectivity index (χ0) is 20.1. The summed E-state index contributed by atoms with van der Waals surface area (Å²) in [6.45, 7) is 0.526. The molecule has 7 heteroatoms. The van der Waals surface area contributed by atoms with Gasteiger partial charge in [-0.2, -0.15) is 0 Å². The summed E-state index contributed by atoms with van der Waals surface area (Å²) in [5.74, 6) is 1.28. The van der Waals surface area contributed by atoms with Crippen molar-refractivity contribution in [1.29, 1.82) is 0 Å². The molecular weight excluding hydrogens is 384 g/mol. The van der Waals surface area contributed by atoms with E-state index in [-0.39, 0.29) is 12.5 Å². The number of carbonyl (C=O) groups excluding carboxylic acids is 1. The van der Waals surface area contributed by atoms with Crippen molar-refractivity contribution in [3.8, 4) is 16.2 Å². The Balaban J connectivity index is 1.43. The molecule has 1 amide bonds. The van der Waals surface area contributed by atoms with Crippen molar-refractivity contribution in [2.24, 2.45) is 0 Å². The molecule has 2 aromatic heterocycles. The summed E-state index contributed by atoms with van der Waals surface area (Å²) in [6.07, 6.45) is 1.52. The largest absolute Gasteiger partial charge is 0.496 e. The summed E-state index contributed by atoms with van der Waals surface area (Å²) in [4.78, 5) is 23.0. The van der Waals surface area contributed by atoms with Crippen molar-refractivity contribution >= 4 is 33.3 Å². The van der Waals surface area contributed by atoms with Crippen LogP contribution in [-0.4, -0.2) is 29.5 Å². The lowest BCUT2D eigenvalue weighted by Gasteiger charge is -2.10. The minimum Gasteiger partial charge on any atom is -0.496 e. The molecule has 0 saturated heterocycles. The van der Waals surface area contributed by atoms with Crippen LogP contribution in [0, 0.1) is 0 Å². The molecule has 0 saturated carbocycles. The van der Waals surface area contributed by atoms with Crippen LogP contribution in [0.15, 0.2) is 67.0 Å². The third kappa shape index (κ3) is 4.35. The summed E-state index contributed by atoms with van der Waals surface area (Å²) in [5.41, 5.74) is 2.06. The second kappa shape index (κ2) is 8.70. The molecule has 0 spiro atoms. The molecule has 0 unspecified atom stereocenters. The summed E-state index contributed by atoms with van der Waals surface area (Å²) >= 11 is 1.60. The van der Waals surface area contributed by atoms with Gasteiger partial charge in [0.05, 0.1) is 19.0 Å². The molecule has 0 fully saturated rings. The number of fused-ring (bicyclic) bond motifs is 1. The van der Waals surface area contributed by atoms with E-state index >= 15 is 0 Å². The van der Waals surface area contributed by atoms with E-state index in [1.165, 1.54) is 6.33 Å². The van der Waals surface area contributed by atoms with Crippen molar-refractivity contribution < 1.29 is 9.53 Å². The highest BCUT2D eigenvalue weighted by atomic mass is 32.1. The molecule has 2 N–H and O–H groups in total. The monoisotopic (exact) mass is 404 g/mol. The molecule has 0 bridgehead atoms. The first-order chi connectivity index (χ1) is 14.2. The van der Waals surface area contributed by atoms with Gasteiger partial charge in [-0.15, -0.1) is 11.3 Å². The standard InChI is InChI=1S/C22H20N4O2S/c1-28-18-10-6-5-9-16(18)12-23-20(27)13-24-21-17-11-19(15-7-3-2-4-8-15)29-22(17)26-14-25-21/h2-11,14H,12-13H2,1H3,(H,23,27)(H,24,25,26). The maximum absolute atomic E-state index is 12.3. The Morgan fingerprint density at radius 1 is 1.07 bits per heavy atom. The number of para-hydroxylation sites is 1. The van der Waals surface area contributed by atoms with E-state index in [2.05, 4.69) is 38.8 Å². The van der Waals surface area contributed by atoms with E-state index < -0.39 is 0 Å². The number of hydrogen-bond acceptors (Lipinski definition) is 6. The number of anilines is 1. The summed E-state index contributed by atoms with van der Waals surface area (Å²) in [6, 6.07) is 19.8. The minimum absolute atomic E-state index is 0.123. The Morgan fingerprint density at radius 2 is 1.86 bits per heavy atom. The fourth-order valence-electron chi connectivity index (χ4n) is 3.01. The number of nitrogens with zero attached hydrogens (tertiary/aromatic N) is 2. The van der Waals surface area contributed by atoms with E-state index in [0.717, 1.165) is 32.0 Å². The lowest BCUT2D eigenvalue weighted by molar-refractivity contribution is -0.119. The van der Waals surface area contributed by atoms with Crippen molar-refractivity contribution in [2.45, 2.75) is 6.54 Å². The molecule has 2 aromatic carbocycles. The van der Waals surface area contributed by atoms with Crippen LogP contribution in [0.4, 0.5) is 5.82 Å². The van der Waals surface area contributed by atoms with Crippen LogP contribution in [-0.2, 0) is 11.3 Å². The number of nitrogens with one attached hydrogen (secondary N) is 2. The number of ether oxygens (including phenoxy) is 1. The molecule has 29 heavy (non-hydrogen) atoms. The molecule has 0 radical (unpaired) electrons. The van der Waals surface area contributed by atoms with Gasteiger partial charge in [0, 0.05) is 17.0 Å². The molecule has 0 aliphatic rings. The highest BCUT2D eigenvalue weighted by molar-refractivity contribution is 7.21. The molecule has 0 aliphatic heterocycles. The average molecular weight is 404 g/mol. The second-order valence-corrected chi connectivity index (χ2v) is 7.39. The fourth-order valence-corrected chi connectivity index (χ4v) is 4.01. The molecule has 2 heterocycles. The number of amides is 1. The third-order valence-electron chi connectivity index (χ3n) is 4.47. The normalized spacial score (nSPS) is 10.7. The van der Waals surface area contributed by atoms with Gasteiger partial charge in [-0.05, 0) is 17.7 Å². The van der Waals surface area contributed by atoms with Gasteiger partial charge in [-0.1, -0.05) is 48.5 Å². The third-order valence-corrected chi connectivity index (χ3v) is 5.56. The number of benzene rings is 2. The summed E-state index contributed by atoms with van der Waals surface area (Å²) in [5, 5.41) is 6.94. The molecule has 0 atom stereocenters. The Labute approximate surface area is 172 Å². The smallest absolute Gasteiger partial charge is 0.239 e. The topological polar surface area (TPSA) is 76.1 Å². The van der Waals surface area contributed by atoms with E-state index in [0.29, 0.717) is 12.4 Å². The van der Waals surface area contributed by atoms with Crippen molar-refractivity contribution in [3.63, 3.8) is 0 Å². The van der Waals surface area contributed by atoms with Crippen molar-refractivity contribution in [3.05, 3.63) is 72.6 Å². The van der Waals surface area contributed by atoms with Crippen LogP contribution in [0.2, 0.25) is 0 Å². The predicted octanol–water partition coefficient (Wildman–Crippen LogP) is 4.10. The van der Waals surface area contributed by atoms with Crippen molar-refractivity contribution in [2.75, 3.05) is 19.0 Å². The Bertz CT molecular complexity index is 1130. The zero-order valence-corrected chi connectivity index (χ0v) is 16.7. The van der Waals surface area contributed by atoms with Crippen LogP contribution in [0.25, 0.3) is 20.7 Å². The van der Waals surface area contributed by atoms with E-state index in [1.807, 2.05) is 42.5 Å². The quantitative estimate of drug-likeness (QED) is 0.485. The molecule has 146 valence electrons. The maximum atomic E-state index is 12.3. The number of methoxy groups -OCH3 is 1. The molecule has 4 rings (SSSR count). The minimum atomic E-state index is -0.124.